The third-order valence-electron chi connectivity index (χ3n) is 4.52. The standard InChI is InChI=1S/C25H27NO4/c1-25(2,3)22-14-13-21(29-16-18-7-5-4-6-8-18)15-23(22)30-17-24(28)26-19-9-11-20(27)12-10-19/h4-15,27H,16-17H2,1-3H3,(H,26,28). The van der Waals surface area contributed by atoms with Gasteiger partial charge in [0.05, 0.1) is 0 Å². The monoisotopic (exact) mass is 405 g/mol. The molecule has 0 aliphatic carbocycles. The average molecular weight is 405 g/mol. The van der Waals surface area contributed by atoms with Gasteiger partial charge in [0.25, 0.3) is 5.91 Å². The fourth-order valence-electron chi connectivity index (χ4n) is 2.96. The van der Waals surface area contributed by atoms with Crippen LogP contribution >= 0.6 is 0 Å². The van der Waals surface area contributed by atoms with Crippen molar-refractivity contribution in [3.8, 4) is 17.2 Å². The third-order valence-corrected chi connectivity index (χ3v) is 4.52. The number of hydrogen-bond donors (Lipinski definition) is 2. The summed E-state index contributed by atoms with van der Waals surface area (Å²) in [4.78, 5) is 12.3. The van der Waals surface area contributed by atoms with Gasteiger partial charge in [-0.25, -0.2) is 0 Å². The molecule has 0 saturated carbocycles. The van der Waals surface area contributed by atoms with Gasteiger partial charge in [0.2, 0.25) is 0 Å². The van der Waals surface area contributed by atoms with E-state index >= 15 is 0 Å². The van der Waals surface area contributed by atoms with Gasteiger partial charge in [-0.15, -0.1) is 0 Å². The van der Waals surface area contributed by atoms with Crippen molar-refractivity contribution in [2.75, 3.05) is 11.9 Å². The van der Waals surface area contributed by atoms with Crippen molar-refractivity contribution in [1.29, 1.82) is 0 Å². The van der Waals surface area contributed by atoms with Crippen LogP contribution in [0.4, 0.5) is 5.69 Å². The summed E-state index contributed by atoms with van der Waals surface area (Å²) in [5.41, 5.74) is 2.51. The van der Waals surface area contributed by atoms with Gasteiger partial charge >= 0.3 is 0 Å². The number of benzene rings is 3. The van der Waals surface area contributed by atoms with Crippen LogP contribution in [0, 0.1) is 0 Å². The van der Waals surface area contributed by atoms with E-state index in [9.17, 15) is 9.90 Å². The molecule has 5 heteroatoms. The molecule has 0 fully saturated rings. The largest absolute Gasteiger partial charge is 0.508 e. The number of aromatic hydroxyl groups is 1. The Kier molecular flexibility index (Phi) is 6.62. The Labute approximate surface area is 177 Å². The maximum atomic E-state index is 12.3. The van der Waals surface area contributed by atoms with Crippen molar-refractivity contribution in [3.05, 3.63) is 83.9 Å². The third kappa shape index (κ3) is 6.01. The quantitative estimate of drug-likeness (QED) is 0.525. The molecule has 0 aliphatic rings. The van der Waals surface area contributed by atoms with Gasteiger partial charge in [-0.3, -0.25) is 4.79 Å². The number of amides is 1. The summed E-state index contributed by atoms with van der Waals surface area (Å²) < 4.78 is 11.8. The first-order valence-corrected chi connectivity index (χ1v) is 9.84. The van der Waals surface area contributed by atoms with Gasteiger partial charge in [0.15, 0.2) is 6.61 Å². The smallest absolute Gasteiger partial charge is 0.262 e. The fourth-order valence-corrected chi connectivity index (χ4v) is 2.96. The van der Waals surface area contributed by atoms with E-state index in [1.54, 1.807) is 12.1 Å². The van der Waals surface area contributed by atoms with E-state index in [0.29, 0.717) is 23.8 Å². The highest BCUT2D eigenvalue weighted by Gasteiger charge is 2.20. The van der Waals surface area contributed by atoms with Crippen LogP contribution in [-0.4, -0.2) is 17.6 Å². The fraction of sp³-hybridized carbons (Fsp3) is 0.240. The second-order valence-electron chi connectivity index (χ2n) is 8.07. The zero-order valence-electron chi connectivity index (χ0n) is 17.5. The molecule has 0 spiro atoms. The molecular formula is C25H27NO4. The first-order valence-electron chi connectivity index (χ1n) is 9.84. The summed E-state index contributed by atoms with van der Waals surface area (Å²) in [6.07, 6.45) is 0. The predicted molar refractivity (Wildman–Crippen MR) is 118 cm³/mol. The van der Waals surface area contributed by atoms with E-state index in [0.717, 1.165) is 11.1 Å². The molecule has 5 nitrogen and oxygen atoms in total. The lowest BCUT2D eigenvalue weighted by atomic mass is 9.86. The highest BCUT2D eigenvalue weighted by molar-refractivity contribution is 5.91. The van der Waals surface area contributed by atoms with E-state index in [-0.39, 0.29) is 23.7 Å². The highest BCUT2D eigenvalue weighted by atomic mass is 16.5. The Morgan fingerprint density at radius 1 is 0.933 bits per heavy atom. The Bertz CT molecular complexity index is 976. The molecule has 0 unspecified atom stereocenters. The Balaban J connectivity index is 1.68. The Hall–Kier alpha value is -3.47. The second-order valence-corrected chi connectivity index (χ2v) is 8.07. The van der Waals surface area contributed by atoms with Crippen molar-refractivity contribution in [2.24, 2.45) is 0 Å². The molecule has 3 aromatic rings. The van der Waals surface area contributed by atoms with Crippen LogP contribution in [0.25, 0.3) is 0 Å². The zero-order valence-corrected chi connectivity index (χ0v) is 17.5. The second kappa shape index (κ2) is 9.35. The summed E-state index contributed by atoms with van der Waals surface area (Å²) in [6.45, 7) is 6.60. The minimum absolute atomic E-state index is 0.133. The number of phenolic OH excluding ortho intramolecular Hbond substituents is 1. The van der Waals surface area contributed by atoms with Crippen LogP contribution in [0.2, 0.25) is 0 Å². The van der Waals surface area contributed by atoms with Crippen LogP contribution in [0.1, 0.15) is 31.9 Å². The van der Waals surface area contributed by atoms with Crippen molar-refractivity contribution in [1.82, 2.24) is 0 Å². The van der Waals surface area contributed by atoms with Crippen LogP contribution in [0.5, 0.6) is 17.2 Å². The first-order chi connectivity index (χ1) is 14.3. The van der Waals surface area contributed by atoms with Gasteiger partial charge in [-0.2, -0.15) is 0 Å². The zero-order chi connectivity index (χ0) is 21.6. The summed E-state index contributed by atoms with van der Waals surface area (Å²) in [5, 5.41) is 12.1. The minimum atomic E-state index is -0.281. The maximum absolute atomic E-state index is 12.3. The molecule has 2 N–H and O–H groups in total. The van der Waals surface area contributed by atoms with Gasteiger partial charge < -0.3 is 19.9 Å². The lowest BCUT2D eigenvalue weighted by Gasteiger charge is -2.23. The van der Waals surface area contributed by atoms with E-state index in [1.807, 2.05) is 48.5 Å². The van der Waals surface area contributed by atoms with E-state index in [1.165, 1.54) is 12.1 Å². The Morgan fingerprint density at radius 2 is 1.63 bits per heavy atom. The van der Waals surface area contributed by atoms with Crippen molar-refractivity contribution >= 4 is 11.6 Å². The molecule has 3 rings (SSSR count). The summed E-state index contributed by atoms with van der Waals surface area (Å²) in [7, 11) is 0. The summed E-state index contributed by atoms with van der Waals surface area (Å²) in [6, 6.07) is 22.0. The topological polar surface area (TPSA) is 67.8 Å². The van der Waals surface area contributed by atoms with Crippen LogP contribution in [0.3, 0.4) is 0 Å². The number of hydrogen-bond acceptors (Lipinski definition) is 4. The summed E-state index contributed by atoms with van der Waals surface area (Å²) >= 11 is 0. The molecule has 1 amide bonds. The molecule has 3 aromatic carbocycles. The lowest BCUT2D eigenvalue weighted by molar-refractivity contribution is -0.118. The first kappa shape index (κ1) is 21.2. The normalized spacial score (nSPS) is 11.0. The van der Waals surface area contributed by atoms with E-state index < -0.39 is 0 Å². The molecule has 0 aliphatic heterocycles. The molecule has 0 bridgehead atoms. The maximum Gasteiger partial charge on any atom is 0.262 e. The van der Waals surface area contributed by atoms with Gasteiger partial charge in [0.1, 0.15) is 23.9 Å². The number of anilines is 1. The van der Waals surface area contributed by atoms with Gasteiger partial charge in [-0.05, 0) is 46.9 Å². The van der Waals surface area contributed by atoms with Gasteiger partial charge in [0, 0.05) is 11.8 Å². The molecule has 0 heterocycles. The van der Waals surface area contributed by atoms with Crippen LogP contribution in [0.15, 0.2) is 72.8 Å². The summed E-state index contributed by atoms with van der Waals surface area (Å²) in [5.74, 6) is 1.16. The molecule has 30 heavy (non-hydrogen) atoms. The predicted octanol–water partition coefficient (Wildman–Crippen LogP) is 5.29. The number of carbonyl (C=O) groups is 1. The van der Waals surface area contributed by atoms with Crippen LogP contribution < -0.4 is 14.8 Å². The molecule has 0 radical (unpaired) electrons. The number of phenols is 1. The van der Waals surface area contributed by atoms with Crippen molar-refractivity contribution in [2.45, 2.75) is 32.8 Å². The van der Waals surface area contributed by atoms with Gasteiger partial charge in [-0.1, -0.05) is 57.2 Å². The molecule has 0 aromatic heterocycles. The molecule has 156 valence electrons. The minimum Gasteiger partial charge on any atom is -0.508 e. The SMILES string of the molecule is CC(C)(C)c1ccc(OCc2ccccc2)cc1OCC(=O)Nc1ccc(O)cc1. The van der Waals surface area contributed by atoms with E-state index in [2.05, 4.69) is 26.1 Å². The molecule has 0 saturated heterocycles. The average Bonchev–Trinajstić information content (AvgIpc) is 2.72. The number of nitrogens with one attached hydrogen (secondary N) is 1. The lowest BCUT2D eigenvalue weighted by Crippen LogP contribution is -2.22. The number of rotatable bonds is 7. The van der Waals surface area contributed by atoms with Crippen LogP contribution in [-0.2, 0) is 16.8 Å². The Morgan fingerprint density at radius 3 is 2.30 bits per heavy atom. The number of ether oxygens (including phenoxy) is 2. The molecular weight excluding hydrogens is 378 g/mol. The van der Waals surface area contributed by atoms with Crippen molar-refractivity contribution < 1.29 is 19.4 Å². The van der Waals surface area contributed by atoms with E-state index in [4.69, 9.17) is 9.47 Å². The highest BCUT2D eigenvalue weighted by Crippen LogP contribution is 2.34. The number of carbonyl (C=O) groups excluding carboxylic acids is 1. The molecule has 0 atom stereocenters. The van der Waals surface area contributed by atoms with Crippen molar-refractivity contribution in [3.63, 3.8) is 0 Å².